The molecule has 2 rings (SSSR count). The molecule has 0 unspecified atom stereocenters. The highest BCUT2D eigenvalue weighted by Gasteiger charge is 2.21. The molecular formula is C19H22O2. The molecule has 0 aliphatic heterocycles. The average molecular weight is 282 g/mol. The van der Waals surface area contributed by atoms with Crippen molar-refractivity contribution in [2.45, 2.75) is 41.5 Å². The van der Waals surface area contributed by atoms with E-state index in [0.29, 0.717) is 11.1 Å². The second-order valence-corrected chi connectivity index (χ2v) is 5.78. The zero-order valence-electron chi connectivity index (χ0n) is 13.6. The van der Waals surface area contributed by atoms with Crippen LogP contribution in [0.2, 0.25) is 0 Å². The van der Waals surface area contributed by atoms with E-state index in [1.54, 1.807) is 25.1 Å². The third kappa shape index (κ3) is 2.35. The van der Waals surface area contributed by atoms with Gasteiger partial charge in [-0.2, -0.15) is 0 Å². The molecule has 0 aliphatic carbocycles. The Kier molecular flexibility index (Phi) is 3.91. The van der Waals surface area contributed by atoms with Crippen LogP contribution in [0.4, 0.5) is 0 Å². The van der Waals surface area contributed by atoms with Gasteiger partial charge in [-0.1, -0.05) is 12.1 Å². The Morgan fingerprint density at radius 2 is 1.24 bits per heavy atom. The number of phenolic OH excluding ortho intramolecular Hbond substituents is 1. The first-order chi connectivity index (χ1) is 9.77. The van der Waals surface area contributed by atoms with Gasteiger partial charge >= 0.3 is 0 Å². The molecule has 0 heterocycles. The SMILES string of the molecule is Cc1c(O)cccc1C(=O)c1c(C)c(C)c(C)c(C)c1C. The fourth-order valence-corrected chi connectivity index (χ4v) is 2.84. The molecule has 0 saturated carbocycles. The summed E-state index contributed by atoms with van der Waals surface area (Å²) in [7, 11) is 0. The van der Waals surface area contributed by atoms with Gasteiger partial charge in [0.25, 0.3) is 0 Å². The van der Waals surface area contributed by atoms with Crippen molar-refractivity contribution in [2.75, 3.05) is 0 Å². The molecule has 0 saturated heterocycles. The first-order valence-corrected chi connectivity index (χ1v) is 7.17. The van der Waals surface area contributed by atoms with Crippen molar-refractivity contribution in [2.24, 2.45) is 0 Å². The zero-order valence-corrected chi connectivity index (χ0v) is 13.6. The van der Waals surface area contributed by atoms with Gasteiger partial charge in [0.2, 0.25) is 0 Å². The molecule has 0 amide bonds. The van der Waals surface area contributed by atoms with E-state index in [1.807, 2.05) is 13.8 Å². The number of aromatic hydroxyl groups is 1. The van der Waals surface area contributed by atoms with Gasteiger partial charge in [0, 0.05) is 16.7 Å². The minimum atomic E-state index is -0.00963. The van der Waals surface area contributed by atoms with Crippen LogP contribution < -0.4 is 0 Å². The van der Waals surface area contributed by atoms with E-state index in [4.69, 9.17) is 0 Å². The van der Waals surface area contributed by atoms with E-state index in [-0.39, 0.29) is 11.5 Å². The van der Waals surface area contributed by atoms with Crippen molar-refractivity contribution in [3.05, 3.63) is 62.7 Å². The van der Waals surface area contributed by atoms with E-state index in [9.17, 15) is 9.90 Å². The smallest absolute Gasteiger partial charge is 0.193 e. The van der Waals surface area contributed by atoms with Crippen LogP contribution in [0.15, 0.2) is 18.2 Å². The molecule has 2 heteroatoms. The van der Waals surface area contributed by atoms with Crippen molar-refractivity contribution in [3.8, 4) is 5.75 Å². The summed E-state index contributed by atoms with van der Waals surface area (Å²) < 4.78 is 0. The summed E-state index contributed by atoms with van der Waals surface area (Å²) in [5, 5.41) is 9.84. The lowest BCUT2D eigenvalue weighted by Gasteiger charge is -2.18. The number of hydrogen-bond acceptors (Lipinski definition) is 2. The minimum Gasteiger partial charge on any atom is -0.508 e. The number of benzene rings is 2. The molecule has 0 radical (unpaired) electrons. The molecule has 0 atom stereocenters. The Bertz CT molecular complexity index is 711. The molecular weight excluding hydrogens is 260 g/mol. The lowest BCUT2D eigenvalue weighted by molar-refractivity contribution is 0.103. The molecule has 0 aromatic heterocycles. The van der Waals surface area contributed by atoms with Gasteiger partial charge in [0.15, 0.2) is 5.78 Å². The zero-order chi connectivity index (χ0) is 15.9. The van der Waals surface area contributed by atoms with Crippen LogP contribution in [0.3, 0.4) is 0 Å². The Morgan fingerprint density at radius 3 is 1.76 bits per heavy atom. The summed E-state index contributed by atoms with van der Waals surface area (Å²) in [6, 6.07) is 5.10. The van der Waals surface area contributed by atoms with Gasteiger partial charge in [0.05, 0.1) is 0 Å². The Labute approximate surface area is 126 Å². The van der Waals surface area contributed by atoms with Crippen LogP contribution in [0.25, 0.3) is 0 Å². The first-order valence-electron chi connectivity index (χ1n) is 7.17. The van der Waals surface area contributed by atoms with Crippen molar-refractivity contribution >= 4 is 5.78 Å². The summed E-state index contributed by atoms with van der Waals surface area (Å²) in [5.41, 5.74) is 7.62. The highest BCUT2D eigenvalue weighted by molar-refractivity contribution is 6.12. The van der Waals surface area contributed by atoms with Crippen molar-refractivity contribution in [3.63, 3.8) is 0 Å². The lowest BCUT2D eigenvalue weighted by Crippen LogP contribution is -2.11. The molecule has 110 valence electrons. The molecule has 1 N–H and O–H groups in total. The molecule has 2 nitrogen and oxygen atoms in total. The monoisotopic (exact) mass is 282 g/mol. The maximum absolute atomic E-state index is 13.0. The summed E-state index contributed by atoms with van der Waals surface area (Å²) in [6.07, 6.45) is 0. The second kappa shape index (κ2) is 5.36. The summed E-state index contributed by atoms with van der Waals surface area (Å²) in [4.78, 5) is 13.0. The van der Waals surface area contributed by atoms with Crippen LogP contribution in [0.5, 0.6) is 5.75 Å². The van der Waals surface area contributed by atoms with Crippen molar-refractivity contribution in [1.29, 1.82) is 0 Å². The fourth-order valence-electron chi connectivity index (χ4n) is 2.84. The maximum atomic E-state index is 13.0. The summed E-state index contributed by atoms with van der Waals surface area (Å²) in [5.74, 6) is 0.154. The van der Waals surface area contributed by atoms with Gasteiger partial charge in [-0.05, 0) is 75.4 Å². The minimum absolute atomic E-state index is 0.00963. The number of carbonyl (C=O) groups excluding carboxylic acids is 1. The Morgan fingerprint density at radius 1 is 0.762 bits per heavy atom. The van der Waals surface area contributed by atoms with Gasteiger partial charge in [-0.15, -0.1) is 0 Å². The quantitative estimate of drug-likeness (QED) is 0.825. The molecule has 0 bridgehead atoms. The predicted molar refractivity (Wildman–Crippen MR) is 86.4 cm³/mol. The van der Waals surface area contributed by atoms with Crippen LogP contribution in [-0.4, -0.2) is 10.9 Å². The highest BCUT2D eigenvalue weighted by Crippen LogP contribution is 2.30. The highest BCUT2D eigenvalue weighted by atomic mass is 16.3. The standard InChI is InChI=1S/C19H22O2/c1-10-11(2)13(4)18(14(5)12(10)3)19(21)16-8-7-9-17(20)15(16)6/h7-9,20H,1-6H3. The Hall–Kier alpha value is -2.09. The molecule has 2 aromatic carbocycles. The number of phenols is 1. The number of ketones is 1. The molecule has 21 heavy (non-hydrogen) atoms. The van der Waals surface area contributed by atoms with Crippen molar-refractivity contribution < 1.29 is 9.90 Å². The average Bonchev–Trinajstić information content (AvgIpc) is 2.46. The van der Waals surface area contributed by atoms with Gasteiger partial charge in [-0.3, -0.25) is 4.79 Å². The summed E-state index contributed by atoms with van der Waals surface area (Å²) >= 11 is 0. The van der Waals surface area contributed by atoms with Gasteiger partial charge in [0.1, 0.15) is 5.75 Å². The van der Waals surface area contributed by atoms with Crippen LogP contribution in [0, 0.1) is 41.5 Å². The number of hydrogen-bond donors (Lipinski definition) is 1. The lowest BCUT2D eigenvalue weighted by atomic mass is 9.85. The third-order valence-corrected chi connectivity index (χ3v) is 4.78. The summed E-state index contributed by atoms with van der Waals surface area (Å²) in [6.45, 7) is 12.0. The van der Waals surface area contributed by atoms with E-state index < -0.39 is 0 Å². The molecule has 0 aliphatic rings. The van der Waals surface area contributed by atoms with E-state index >= 15 is 0 Å². The van der Waals surface area contributed by atoms with Crippen LogP contribution in [-0.2, 0) is 0 Å². The van der Waals surface area contributed by atoms with E-state index in [2.05, 4.69) is 20.8 Å². The van der Waals surface area contributed by atoms with Crippen LogP contribution in [0.1, 0.15) is 49.3 Å². The number of carbonyl (C=O) groups is 1. The van der Waals surface area contributed by atoms with Gasteiger partial charge in [-0.25, -0.2) is 0 Å². The second-order valence-electron chi connectivity index (χ2n) is 5.78. The molecule has 0 fully saturated rings. The van der Waals surface area contributed by atoms with Crippen molar-refractivity contribution in [1.82, 2.24) is 0 Å². The molecule has 2 aromatic rings. The largest absolute Gasteiger partial charge is 0.508 e. The normalized spacial score (nSPS) is 10.8. The predicted octanol–water partition coefficient (Wildman–Crippen LogP) is 4.47. The first kappa shape index (κ1) is 15.3. The van der Waals surface area contributed by atoms with Crippen LogP contribution >= 0.6 is 0 Å². The fraction of sp³-hybridized carbons (Fsp3) is 0.316. The number of rotatable bonds is 2. The van der Waals surface area contributed by atoms with E-state index in [1.165, 1.54) is 16.7 Å². The Balaban J connectivity index is 2.73. The maximum Gasteiger partial charge on any atom is 0.193 e. The topological polar surface area (TPSA) is 37.3 Å². The van der Waals surface area contributed by atoms with Gasteiger partial charge < -0.3 is 5.11 Å². The third-order valence-electron chi connectivity index (χ3n) is 4.78. The molecule has 0 spiro atoms. The van der Waals surface area contributed by atoms with E-state index in [0.717, 1.165) is 16.7 Å².